The minimum atomic E-state index is 0.754. The third kappa shape index (κ3) is 2.91. The molecule has 2 heterocycles. The highest BCUT2D eigenvalue weighted by Gasteiger charge is 2.29. The highest BCUT2D eigenvalue weighted by molar-refractivity contribution is 5.50. The van der Waals surface area contributed by atoms with Crippen LogP contribution in [-0.2, 0) is 6.54 Å². The fraction of sp³-hybridized carbons (Fsp3) is 0.625. The van der Waals surface area contributed by atoms with Gasteiger partial charge in [0.2, 0.25) is 0 Å². The van der Waals surface area contributed by atoms with Crippen LogP contribution >= 0.6 is 0 Å². The molecule has 1 aromatic carbocycles. The monoisotopic (exact) mass is 275 g/mol. The van der Waals surface area contributed by atoms with Crippen molar-refractivity contribution in [1.82, 2.24) is 9.80 Å². The smallest absolute Gasteiger partial charge is 0.119 e. The molecule has 0 spiro atoms. The summed E-state index contributed by atoms with van der Waals surface area (Å²) in [5, 5.41) is 0. The van der Waals surface area contributed by atoms with Gasteiger partial charge >= 0.3 is 0 Å². The molecule has 2 saturated heterocycles. The second-order valence-corrected chi connectivity index (χ2v) is 5.99. The third-order valence-corrected chi connectivity index (χ3v) is 4.65. The number of likely N-dealkylation sites (tertiary alicyclic amines) is 2. The molecule has 0 radical (unpaired) electrons. The van der Waals surface area contributed by atoms with E-state index in [-0.39, 0.29) is 0 Å². The number of nitrogens with two attached hydrogens (primary N) is 1. The van der Waals surface area contributed by atoms with Gasteiger partial charge in [0, 0.05) is 31.4 Å². The average Bonchev–Trinajstić information content (AvgIpc) is 3.12. The summed E-state index contributed by atoms with van der Waals surface area (Å²) in [6.07, 6.45) is 4.04. The molecular formula is C16H25N3O. The summed E-state index contributed by atoms with van der Waals surface area (Å²) in [6.45, 7) is 5.88. The summed E-state index contributed by atoms with van der Waals surface area (Å²) in [7, 11) is 1.70. The molecule has 0 aromatic heterocycles. The Balaban J connectivity index is 1.61. The first kappa shape index (κ1) is 13.7. The molecule has 20 heavy (non-hydrogen) atoms. The Kier molecular flexibility index (Phi) is 4.13. The Morgan fingerprint density at radius 1 is 1.25 bits per heavy atom. The van der Waals surface area contributed by atoms with Crippen molar-refractivity contribution in [3.63, 3.8) is 0 Å². The van der Waals surface area contributed by atoms with Crippen LogP contribution in [0.5, 0.6) is 5.75 Å². The van der Waals surface area contributed by atoms with Gasteiger partial charge in [0.1, 0.15) is 5.75 Å². The van der Waals surface area contributed by atoms with E-state index >= 15 is 0 Å². The number of benzene rings is 1. The number of nitrogens with zero attached hydrogens (tertiary/aromatic N) is 2. The summed E-state index contributed by atoms with van der Waals surface area (Å²) in [5.74, 6) is 0.893. The van der Waals surface area contributed by atoms with Crippen molar-refractivity contribution in [3.05, 3.63) is 23.8 Å². The maximum absolute atomic E-state index is 6.09. The molecule has 4 nitrogen and oxygen atoms in total. The third-order valence-electron chi connectivity index (χ3n) is 4.65. The van der Waals surface area contributed by atoms with Crippen LogP contribution in [0, 0.1) is 0 Å². The summed E-state index contributed by atoms with van der Waals surface area (Å²) < 4.78 is 5.29. The van der Waals surface area contributed by atoms with E-state index in [0.29, 0.717) is 0 Å². The zero-order valence-electron chi connectivity index (χ0n) is 12.3. The van der Waals surface area contributed by atoms with E-state index in [1.54, 1.807) is 7.11 Å². The molecule has 0 amide bonds. The van der Waals surface area contributed by atoms with Gasteiger partial charge in [0.05, 0.1) is 7.11 Å². The largest absolute Gasteiger partial charge is 0.497 e. The van der Waals surface area contributed by atoms with E-state index < -0.39 is 0 Å². The van der Waals surface area contributed by atoms with Gasteiger partial charge < -0.3 is 10.5 Å². The van der Waals surface area contributed by atoms with Crippen LogP contribution < -0.4 is 10.5 Å². The fourth-order valence-corrected chi connectivity index (χ4v) is 3.45. The normalized spacial score (nSPS) is 24.4. The number of hydrogen-bond donors (Lipinski definition) is 1. The first-order chi connectivity index (χ1) is 9.76. The van der Waals surface area contributed by atoms with Crippen molar-refractivity contribution in [3.8, 4) is 5.75 Å². The standard InChI is InChI=1S/C16H25N3O/c1-20-15-4-5-16(17)13(10-15)11-18-9-6-14(12-18)19-7-2-3-8-19/h4-5,10,14H,2-3,6-9,11-12,17H2,1H3. The van der Waals surface area contributed by atoms with Crippen LogP contribution in [-0.4, -0.2) is 49.1 Å². The Bertz CT molecular complexity index is 457. The van der Waals surface area contributed by atoms with Crippen molar-refractivity contribution in [2.75, 3.05) is 39.0 Å². The van der Waals surface area contributed by atoms with E-state index in [9.17, 15) is 0 Å². The topological polar surface area (TPSA) is 41.7 Å². The van der Waals surface area contributed by atoms with Gasteiger partial charge in [-0.1, -0.05) is 0 Å². The highest BCUT2D eigenvalue weighted by atomic mass is 16.5. The van der Waals surface area contributed by atoms with Crippen molar-refractivity contribution in [1.29, 1.82) is 0 Å². The molecule has 1 aromatic rings. The molecule has 0 bridgehead atoms. The van der Waals surface area contributed by atoms with Crippen LogP contribution in [0.4, 0.5) is 5.69 Å². The number of rotatable bonds is 4. The molecule has 2 aliphatic heterocycles. The minimum absolute atomic E-state index is 0.754. The van der Waals surface area contributed by atoms with Crippen molar-refractivity contribution in [2.45, 2.75) is 31.8 Å². The zero-order valence-corrected chi connectivity index (χ0v) is 12.3. The van der Waals surface area contributed by atoms with Crippen LogP contribution in [0.25, 0.3) is 0 Å². The molecule has 110 valence electrons. The lowest BCUT2D eigenvalue weighted by atomic mass is 10.1. The maximum Gasteiger partial charge on any atom is 0.119 e. The predicted octanol–water partition coefficient (Wildman–Crippen LogP) is 1.95. The molecule has 2 aliphatic rings. The quantitative estimate of drug-likeness (QED) is 0.853. The van der Waals surface area contributed by atoms with Crippen molar-refractivity contribution in [2.24, 2.45) is 0 Å². The lowest BCUT2D eigenvalue weighted by Gasteiger charge is -2.24. The number of methoxy groups -OCH3 is 1. The van der Waals surface area contributed by atoms with E-state index in [1.807, 2.05) is 12.1 Å². The van der Waals surface area contributed by atoms with E-state index in [0.717, 1.165) is 24.0 Å². The van der Waals surface area contributed by atoms with E-state index in [4.69, 9.17) is 10.5 Å². The fourth-order valence-electron chi connectivity index (χ4n) is 3.45. The van der Waals surface area contributed by atoms with Gasteiger partial charge in [-0.15, -0.1) is 0 Å². The maximum atomic E-state index is 6.09. The van der Waals surface area contributed by atoms with Gasteiger partial charge in [-0.25, -0.2) is 0 Å². The van der Waals surface area contributed by atoms with Crippen LogP contribution in [0.1, 0.15) is 24.8 Å². The molecule has 0 saturated carbocycles. The molecule has 1 atom stereocenters. The van der Waals surface area contributed by atoms with E-state index in [1.165, 1.54) is 51.0 Å². The Hall–Kier alpha value is -1.26. The molecule has 3 rings (SSSR count). The number of anilines is 1. The van der Waals surface area contributed by atoms with Gasteiger partial charge in [-0.05, 0) is 56.1 Å². The van der Waals surface area contributed by atoms with Gasteiger partial charge in [0.15, 0.2) is 0 Å². The summed E-state index contributed by atoms with van der Waals surface area (Å²) >= 11 is 0. The Morgan fingerprint density at radius 3 is 2.80 bits per heavy atom. The van der Waals surface area contributed by atoms with E-state index in [2.05, 4.69) is 15.9 Å². The number of nitrogen functional groups attached to an aromatic ring is 1. The Morgan fingerprint density at radius 2 is 2.05 bits per heavy atom. The SMILES string of the molecule is COc1ccc(N)c(CN2CCC(N3CCCC3)C2)c1. The van der Waals surface area contributed by atoms with Gasteiger partial charge in [-0.3, -0.25) is 9.80 Å². The molecule has 1 unspecified atom stereocenters. The lowest BCUT2D eigenvalue weighted by molar-refractivity contribution is 0.230. The van der Waals surface area contributed by atoms with Crippen molar-refractivity contribution < 1.29 is 4.74 Å². The second kappa shape index (κ2) is 6.02. The van der Waals surface area contributed by atoms with Gasteiger partial charge in [-0.2, -0.15) is 0 Å². The molecule has 2 fully saturated rings. The second-order valence-electron chi connectivity index (χ2n) is 5.99. The number of ether oxygens (including phenoxy) is 1. The van der Waals surface area contributed by atoms with Crippen molar-refractivity contribution >= 4 is 5.69 Å². The van der Waals surface area contributed by atoms with Crippen LogP contribution in [0.3, 0.4) is 0 Å². The van der Waals surface area contributed by atoms with Crippen LogP contribution in [0.2, 0.25) is 0 Å². The Labute approximate surface area is 121 Å². The molecule has 2 N–H and O–H groups in total. The molecule has 4 heteroatoms. The number of hydrogen-bond acceptors (Lipinski definition) is 4. The zero-order chi connectivity index (χ0) is 13.9. The van der Waals surface area contributed by atoms with Crippen LogP contribution in [0.15, 0.2) is 18.2 Å². The lowest BCUT2D eigenvalue weighted by Crippen LogP contribution is -2.35. The summed E-state index contributed by atoms with van der Waals surface area (Å²) in [5.41, 5.74) is 8.14. The predicted molar refractivity (Wildman–Crippen MR) is 81.9 cm³/mol. The molecular weight excluding hydrogens is 250 g/mol. The summed E-state index contributed by atoms with van der Waals surface area (Å²) in [4.78, 5) is 5.18. The van der Waals surface area contributed by atoms with Gasteiger partial charge in [0.25, 0.3) is 0 Å². The average molecular weight is 275 g/mol. The first-order valence-corrected chi connectivity index (χ1v) is 7.65. The molecule has 0 aliphatic carbocycles. The highest BCUT2D eigenvalue weighted by Crippen LogP contribution is 2.25. The minimum Gasteiger partial charge on any atom is -0.497 e. The summed E-state index contributed by atoms with van der Waals surface area (Å²) in [6, 6.07) is 6.70. The first-order valence-electron chi connectivity index (χ1n) is 7.65.